The molecule has 2 rings (SSSR count). The van der Waals surface area contributed by atoms with E-state index >= 15 is 0 Å². The average Bonchev–Trinajstić information content (AvgIpc) is 2.27. The van der Waals surface area contributed by atoms with Crippen LogP contribution in [0.25, 0.3) is 0 Å². The molecule has 0 amide bonds. The molecule has 2 heterocycles. The summed E-state index contributed by atoms with van der Waals surface area (Å²) in [6, 6.07) is 3.21. The molecule has 0 aromatic rings. The molecule has 2 aliphatic heterocycles. The van der Waals surface area contributed by atoms with Crippen LogP contribution in [0.2, 0.25) is 0 Å². The van der Waals surface area contributed by atoms with Crippen LogP contribution < -0.4 is 0 Å². The van der Waals surface area contributed by atoms with Crippen LogP contribution in [0.1, 0.15) is 13.8 Å². The van der Waals surface area contributed by atoms with Gasteiger partial charge in [-0.3, -0.25) is 9.80 Å². The van der Waals surface area contributed by atoms with E-state index in [0.29, 0.717) is 12.1 Å². The summed E-state index contributed by atoms with van der Waals surface area (Å²) in [5, 5.41) is 8.78. The van der Waals surface area contributed by atoms with Gasteiger partial charge in [-0.05, 0) is 13.8 Å². The third-order valence-corrected chi connectivity index (χ3v) is 3.73. The monoisotopic (exact) mass is 235 g/mol. The molecule has 0 aromatic heterocycles. The smallest absolute Gasteiger partial charge is 0.0941 e. The summed E-state index contributed by atoms with van der Waals surface area (Å²) in [4.78, 5) is 4.96. The minimum Gasteiger partial charge on any atom is -0.378 e. The van der Waals surface area contributed by atoms with E-state index in [1.165, 1.54) is 0 Å². The fraction of sp³-hybridized carbons (Fsp3) is 0.769. The third kappa shape index (κ3) is 3.06. The van der Waals surface area contributed by atoms with Crippen molar-refractivity contribution in [1.29, 1.82) is 5.26 Å². The summed E-state index contributed by atoms with van der Waals surface area (Å²) in [7, 11) is 0. The van der Waals surface area contributed by atoms with E-state index < -0.39 is 0 Å². The normalized spacial score (nSPS) is 26.3. The zero-order valence-electron chi connectivity index (χ0n) is 10.7. The Balaban J connectivity index is 1.80. The van der Waals surface area contributed by atoms with Gasteiger partial charge in [0.05, 0.1) is 25.3 Å². The lowest BCUT2D eigenvalue weighted by Crippen LogP contribution is -2.57. The number of ether oxygens (including phenoxy) is 1. The van der Waals surface area contributed by atoms with E-state index in [1.807, 2.05) is 6.92 Å². The number of piperazine rings is 1. The molecule has 2 fully saturated rings. The number of hydrogen-bond acceptors (Lipinski definition) is 4. The molecule has 4 heteroatoms. The first-order valence-electron chi connectivity index (χ1n) is 6.35. The number of allylic oxidation sites excluding steroid dienone is 1. The van der Waals surface area contributed by atoms with E-state index in [0.717, 1.165) is 45.0 Å². The quantitative estimate of drug-likeness (QED) is 0.680. The maximum absolute atomic E-state index is 8.78. The number of nitriles is 1. The van der Waals surface area contributed by atoms with Gasteiger partial charge in [-0.25, -0.2) is 0 Å². The summed E-state index contributed by atoms with van der Waals surface area (Å²) in [6.07, 6.45) is 2.06. The molecule has 94 valence electrons. The Morgan fingerprint density at radius 1 is 1.35 bits per heavy atom. The molecule has 4 nitrogen and oxygen atoms in total. The predicted octanol–water partition coefficient (Wildman–Crippen LogP) is 0.861. The van der Waals surface area contributed by atoms with Crippen LogP contribution in [0, 0.1) is 11.3 Å². The van der Waals surface area contributed by atoms with Crippen molar-refractivity contribution < 1.29 is 4.74 Å². The van der Waals surface area contributed by atoms with Crippen LogP contribution in [0.15, 0.2) is 11.6 Å². The second-order valence-electron chi connectivity index (χ2n) is 4.97. The van der Waals surface area contributed by atoms with Crippen LogP contribution in [-0.2, 0) is 4.74 Å². The topological polar surface area (TPSA) is 39.5 Å². The second-order valence-corrected chi connectivity index (χ2v) is 4.97. The van der Waals surface area contributed by atoms with E-state index in [-0.39, 0.29) is 0 Å². The molecule has 2 saturated heterocycles. The Labute approximate surface area is 103 Å². The molecule has 0 spiro atoms. The fourth-order valence-corrected chi connectivity index (χ4v) is 2.45. The van der Waals surface area contributed by atoms with Crippen LogP contribution in [0.4, 0.5) is 0 Å². The van der Waals surface area contributed by atoms with Crippen LogP contribution in [0.5, 0.6) is 0 Å². The third-order valence-electron chi connectivity index (χ3n) is 3.73. The molecule has 1 atom stereocenters. The average molecular weight is 235 g/mol. The van der Waals surface area contributed by atoms with Crippen LogP contribution in [0.3, 0.4) is 0 Å². The van der Waals surface area contributed by atoms with Crippen LogP contribution >= 0.6 is 0 Å². The summed E-state index contributed by atoms with van der Waals surface area (Å²) < 4.78 is 5.23. The van der Waals surface area contributed by atoms with Gasteiger partial charge in [-0.1, -0.05) is 6.08 Å². The molecule has 2 aliphatic rings. The fourth-order valence-electron chi connectivity index (χ4n) is 2.45. The summed E-state index contributed by atoms with van der Waals surface area (Å²) in [6.45, 7) is 10.3. The van der Waals surface area contributed by atoms with Crippen molar-refractivity contribution in [1.82, 2.24) is 9.80 Å². The van der Waals surface area contributed by atoms with Gasteiger partial charge in [-0.2, -0.15) is 5.26 Å². The maximum Gasteiger partial charge on any atom is 0.0941 e. The van der Waals surface area contributed by atoms with Gasteiger partial charge < -0.3 is 4.74 Å². The summed E-state index contributed by atoms with van der Waals surface area (Å²) >= 11 is 0. The molecule has 0 aromatic carbocycles. The van der Waals surface area contributed by atoms with Crippen molar-refractivity contribution >= 4 is 0 Å². The van der Waals surface area contributed by atoms with Gasteiger partial charge in [-0.15, -0.1) is 0 Å². The van der Waals surface area contributed by atoms with Gasteiger partial charge in [0.2, 0.25) is 0 Å². The lowest BCUT2D eigenvalue weighted by atomic mass is 10.1. The summed E-state index contributed by atoms with van der Waals surface area (Å²) in [5.74, 6) is 0. The van der Waals surface area contributed by atoms with Crippen molar-refractivity contribution in [3.8, 4) is 6.07 Å². The maximum atomic E-state index is 8.78. The Hall–Kier alpha value is -0.890. The highest BCUT2D eigenvalue weighted by molar-refractivity contribution is 5.19. The SMILES string of the molecule is C/C(C#N)=C\C(C)N1CCN(C2COC2)CC1. The van der Waals surface area contributed by atoms with Crippen molar-refractivity contribution in [2.75, 3.05) is 39.4 Å². The van der Waals surface area contributed by atoms with Gasteiger partial charge in [0.15, 0.2) is 0 Å². The first-order chi connectivity index (χ1) is 8.20. The molecular weight excluding hydrogens is 214 g/mol. The molecular formula is C13H21N3O. The molecule has 0 radical (unpaired) electrons. The molecule has 1 unspecified atom stereocenters. The van der Waals surface area contributed by atoms with Crippen molar-refractivity contribution in [2.24, 2.45) is 0 Å². The van der Waals surface area contributed by atoms with Gasteiger partial charge in [0.1, 0.15) is 0 Å². The molecule has 0 N–H and O–H groups in total. The van der Waals surface area contributed by atoms with Gasteiger partial charge in [0.25, 0.3) is 0 Å². The van der Waals surface area contributed by atoms with Crippen molar-refractivity contribution in [3.63, 3.8) is 0 Å². The largest absolute Gasteiger partial charge is 0.378 e. The standard InChI is InChI=1S/C13H21N3O/c1-11(8-14)7-12(2)15-3-5-16(6-4-15)13-9-17-10-13/h7,12-13H,3-6,9-10H2,1-2H3/b11-7+. The number of nitrogens with zero attached hydrogens (tertiary/aromatic N) is 3. The van der Waals surface area contributed by atoms with E-state index in [2.05, 4.69) is 28.9 Å². The Morgan fingerprint density at radius 3 is 2.47 bits per heavy atom. The van der Waals surface area contributed by atoms with Crippen molar-refractivity contribution in [3.05, 3.63) is 11.6 Å². The number of rotatable bonds is 3. The first kappa shape index (κ1) is 12.6. The lowest BCUT2D eigenvalue weighted by Gasteiger charge is -2.43. The Kier molecular flexibility index (Phi) is 4.16. The van der Waals surface area contributed by atoms with Crippen LogP contribution in [-0.4, -0.2) is 61.3 Å². The van der Waals surface area contributed by atoms with Gasteiger partial charge in [0, 0.05) is 37.8 Å². The van der Waals surface area contributed by atoms with Crippen molar-refractivity contribution in [2.45, 2.75) is 25.9 Å². The van der Waals surface area contributed by atoms with Gasteiger partial charge >= 0.3 is 0 Å². The molecule has 17 heavy (non-hydrogen) atoms. The molecule has 0 aliphatic carbocycles. The van der Waals surface area contributed by atoms with E-state index in [1.54, 1.807) is 0 Å². The molecule has 0 bridgehead atoms. The second kappa shape index (κ2) is 5.63. The first-order valence-corrected chi connectivity index (χ1v) is 6.35. The molecule has 0 saturated carbocycles. The number of hydrogen-bond donors (Lipinski definition) is 0. The van der Waals surface area contributed by atoms with E-state index in [9.17, 15) is 0 Å². The van der Waals surface area contributed by atoms with E-state index in [4.69, 9.17) is 10.00 Å². The minimum atomic E-state index is 0.370. The highest BCUT2D eigenvalue weighted by Gasteiger charge is 2.29. The Bertz CT molecular complexity index is 322. The lowest BCUT2D eigenvalue weighted by molar-refractivity contribution is -0.0781. The zero-order valence-corrected chi connectivity index (χ0v) is 10.7. The highest BCUT2D eigenvalue weighted by Crippen LogP contribution is 2.15. The summed E-state index contributed by atoms with van der Waals surface area (Å²) in [5.41, 5.74) is 0.812. The minimum absolute atomic E-state index is 0.370. The predicted molar refractivity (Wildman–Crippen MR) is 66.6 cm³/mol. The zero-order chi connectivity index (χ0) is 12.3. The highest BCUT2D eigenvalue weighted by atomic mass is 16.5. The Morgan fingerprint density at radius 2 is 2.00 bits per heavy atom.